The Labute approximate surface area is 140 Å². The molecule has 0 bridgehead atoms. The maximum absolute atomic E-state index is 10.8. The van der Waals surface area contributed by atoms with Crippen LogP contribution >= 0.6 is 31.9 Å². The average Bonchev–Trinajstić information content (AvgIpc) is 2.88. The second kappa shape index (κ2) is 7.22. The number of aromatic nitrogens is 2. The first kappa shape index (κ1) is 16.2. The first-order chi connectivity index (χ1) is 10.1. The first-order valence-corrected chi connectivity index (χ1v) is 8.30. The minimum absolute atomic E-state index is 0.429. The summed E-state index contributed by atoms with van der Waals surface area (Å²) in [5, 5.41) is 4.50. The Hall–Kier alpha value is -1.14. The van der Waals surface area contributed by atoms with Crippen LogP contribution in [0.15, 0.2) is 27.1 Å². The summed E-state index contributed by atoms with van der Waals surface area (Å²) in [4.78, 5) is 10.8. The van der Waals surface area contributed by atoms with Gasteiger partial charge in [0.05, 0.1) is 20.3 Å². The van der Waals surface area contributed by atoms with Crippen LogP contribution in [0.4, 0.5) is 0 Å². The van der Waals surface area contributed by atoms with Gasteiger partial charge >= 0.3 is 0 Å². The fourth-order valence-electron chi connectivity index (χ4n) is 2.01. The van der Waals surface area contributed by atoms with E-state index in [9.17, 15) is 4.79 Å². The molecular formula is C15H16Br2N2O2. The van der Waals surface area contributed by atoms with E-state index in [0.29, 0.717) is 17.9 Å². The predicted molar refractivity (Wildman–Crippen MR) is 88.8 cm³/mol. The van der Waals surface area contributed by atoms with E-state index < -0.39 is 0 Å². The number of carbonyl (C=O) groups is 1. The second-order valence-corrected chi connectivity index (χ2v) is 6.23. The topological polar surface area (TPSA) is 44.1 Å². The molecule has 1 heterocycles. The van der Waals surface area contributed by atoms with Crippen molar-refractivity contribution in [3.63, 3.8) is 0 Å². The molecule has 0 fully saturated rings. The maximum Gasteiger partial charge on any atom is 0.150 e. The molecule has 0 saturated heterocycles. The molecule has 2 aromatic rings. The van der Waals surface area contributed by atoms with Crippen molar-refractivity contribution in [1.82, 2.24) is 9.78 Å². The van der Waals surface area contributed by atoms with Gasteiger partial charge in [-0.2, -0.15) is 5.10 Å². The van der Waals surface area contributed by atoms with Gasteiger partial charge in [0, 0.05) is 12.1 Å². The Morgan fingerprint density at radius 3 is 2.43 bits per heavy atom. The lowest BCUT2D eigenvalue weighted by atomic mass is 10.2. The lowest BCUT2D eigenvalue weighted by molar-refractivity contribution is 0.112. The van der Waals surface area contributed by atoms with Gasteiger partial charge in [-0.05, 0) is 63.4 Å². The van der Waals surface area contributed by atoms with Gasteiger partial charge in [-0.1, -0.05) is 6.92 Å². The summed E-state index contributed by atoms with van der Waals surface area (Å²) in [6.07, 6.45) is 1.71. The second-order valence-electron chi connectivity index (χ2n) is 4.52. The van der Waals surface area contributed by atoms with E-state index in [-0.39, 0.29) is 0 Å². The number of hydrogen-bond donors (Lipinski definition) is 0. The fourth-order valence-corrected chi connectivity index (χ4v) is 3.46. The molecule has 0 atom stereocenters. The molecule has 0 spiro atoms. The third kappa shape index (κ3) is 3.74. The van der Waals surface area contributed by atoms with Crippen LogP contribution < -0.4 is 4.74 Å². The van der Waals surface area contributed by atoms with Gasteiger partial charge < -0.3 is 4.74 Å². The van der Waals surface area contributed by atoms with Crippen LogP contribution in [0.1, 0.15) is 35.6 Å². The minimum atomic E-state index is 0.429. The molecule has 0 aliphatic heterocycles. The van der Waals surface area contributed by atoms with Crippen molar-refractivity contribution in [1.29, 1.82) is 0 Å². The largest absolute Gasteiger partial charge is 0.485 e. The maximum atomic E-state index is 10.8. The van der Waals surface area contributed by atoms with Gasteiger partial charge in [-0.15, -0.1) is 0 Å². The number of hydrogen-bond acceptors (Lipinski definition) is 3. The molecule has 4 nitrogen and oxygen atoms in total. The van der Waals surface area contributed by atoms with Crippen LogP contribution in [0.3, 0.4) is 0 Å². The van der Waals surface area contributed by atoms with Crippen LogP contribution in [-0.2, 0) is 19.6 Å². The van der Waals surface area contributed by atoms with E-state index in [1.165, 1.54) is 0 Å². The summed E-state index contributed by atoms with van der Waals surface area (Å²) in [6, 6.07) is 5.54. The molecule has 0 amide bonds. The third-order valence-corrected chi connectivity index (χ3v) is 4.27. The fraction of sp³-hybridized carbons (Fsp3) is 0.333. The van der Waals surface area contributed by atoms with Gasteiger partial charge in [0.1, 0.15) is 18.6 Å². The molecule has 1 aromatic carbocycles. The number of aryl methyl sites for hydroxylation is 2. The minimum Gasteiger partial charge on any atom is -0.485 e. The van der Waals surface area contributed by atoms with E-state index in [1.54, 1.807) is 12.1 Å². The number of ether oxygens (including phenoxy) is 1. The van der Waals surface area contributed by atoms with Crippen molar-refractivity contribution >= 4 is 38.1 Å². The van der Waals surface area contributed by atoms with E-state index in [4.69, 9.17) is 4.74 Å². The van der Waals surface area contributed by atoms with Crippen molar-refractivity contribution in [2.75, 3.05) is 0 Å². The number of halogens is 2. The van der Waals surface area contributed by atoms with Crippen LogP contribution in [0.2, 0.25) is 0 Å². The summed E-state index contributed by atoms with van der Waals surface area (Å²) in [5.41, 5.74) is 2.69. The van der Waals surface area contributed by atoms with Gasteiger partial charge in [0.2, 0.25) is 0 Å². The van der Waals surface area contributed by atoms with Crippen molar-refractivity contribution in [2.24, 2.45) is 0 Å². The molecule has 1 aromatic heterocycles. The zero-order valence-corrected chi connectivity index (χ0v) is 15.1. The highest BCUT2D eigenvalue weighted by Gasteiger charge is 2.11. The van der Waals surface area contributed by atoms with Crippen LogP contribution in [-0.4, -0.2) is 16.1 Å². The SMILES string of the molecule is CCc1cc(COc2c(Br)cc(C=O)cc2Br)n(CC)n1. The van der Waals surface area contributed by atoms with E-state index in [2.05, 4.69) is 56.9 Å². The standard InChI is InChI=1S/C15H16Br2N2O2/c1-3-11-7-12(19(4-2)18-11)9-21-15-13(16)5-10(8-20)6-14(15)17/h5-8H,3-4,9H2,1-2H3. The Morgan fingerprint density at radius 2 is 1.90 bits per heavy atom. The summed E-state index contributed by atoms with van der Waals surface area (Å²) >= 11 is 6.86. The normalized spacial score (nSPS) is 10.7. The highest BCUT2D eigenvalue weighted by molar-refractivity contribution is 9.11. The van der Waals surface area contributed by atoms with Crippen LogP contribution in [0.5, 0.6) is 5.75 Å². The van der Waals surface area contributed by atoms with Crippen LogP contribution in [0, 0.1) is 0 Å². The smallest absolute Gasteiger partial charge is 0.150 e. The highest BCUT2D eigenvalue weighted by atomic mass is 79.9. The van der Waals surface area contributed by atoms with E-state index >= 15 is 0 Å². The summed E-state index contributed by atoms with van der Waals surface area (Å²) in [7, 11) is 0. The van der Waals surface area contributed by atoms with Crippen molar-refractivity contribution < 1.29 is 9.53 Å². The zero-order valence-electron chi connectivity index (χ0n) is 11.9. The number of aldehydes is 1. The molecule has 6 heteroatoms. The third-order valence-electron chi connectivity index (χ3n) is 3.10. The Bertz CT molecular complexity index is 630. The van der Waals surface area contributed by atoms with Gasteiger partial charge in [0.15, 0.2) is 0 Å². The quantitative estimate of drug-likeness (QED) is 0.657. The van der Waals surface area contributed by atoms with Crippen molar-refractivity contribution in [2.45, 2.75) is 33.4 Å². The van der Waals surface area contributed by atoms with Crippen LogP contribution in [0.25, 0.3) is 0 Å². The molecule has 0 unspecified atom stereocenters. The number of carbonyl (C=O) groups excluding carboxylic acids is 1. The monoisotopic (exact) mass is 414 g/mol. The molecule has 0 radical (unpaired) electrons. The van der Waals surface area contributed by atoms with Gasteiger partial charge in [0.25, 0.3) is 0 Å². The molecule has 0 saturated carbocycles. The lowest BCUT2D eigenvalue weighted by Crippen LogP contribution is -2.06. The predicted octanol–water partition coefficient (Wildman–Crippen LogP) is 4.38. The molecule has 0 N–H and O–H groups in total. The average molecular weight is 416 g/mol. The van der Waals surface area contributed by atoms with Gasteiger partial charge in [-0.25, -0.2) is 0 Å². The number of benzene rings is 1. The molecule has 112 valence electrons. The zero-order chi connectivity index (χ0) is 15.4. The van der Waals surface area contributed by atoms with Crippen molar-refractivity contribution in [3.8, 4) is 5.75 Å². The Kier molecular flexibility index (Phi) is 5.58. The van der Waals surface area contributed by atoms with E-state index in [1.807, 2.05) is 4.68 Å². The molecule has 21 heavy (non-hydrogen) atoms. The first-order valence-electron chi connectivity index (χ1n) is 6.71. The summed E-state index contributed by atoms with van der Waals surface area (Å²) < 4.78 is 9.32. The summed E-state index contributed by atoms with van der Waals surface area (Å²) in [5.74, 6) is 0.683. The Morgan fingerprint density at radius 1 is 1.24 bits per heavy atom. The molecule has 0 aliphatic rings. The highest BCUT2D eigenvalue weighted by Crippen LogP contribution is 2.35. The Balaban J connectivity index is 2.20. The summed E-state index contributed by atoms with van der Waals surface area (Å²) in [6.45, 7) is 5.38. The number of nitrogens with zero attached hydrogens (tertiary/aromatic N) is 2. The number of rotatable bonds is 6. The molecule has 0 aliphatic carbocycles. The lowest BCUT2D eigenvalue weighted by Gasteiger charge is -2.11. The van der Waals surface area contributed by atoms with Gasteiger partial charge in [-0.3, -0.25) is 9.48 Å². The van der Waals surface area contributed by atoms with Crippen molar-refractivity contribution in [3.05, 3.63) is 44.1 Å². The molecule has 2 rings (SSSR count). The molecular weight excluding hydrogens is 400 g/mol. The van der Waals surface area contributed by atoms with E-state index in [0.717, 1.165) is 39.6 Å².